The summed E-state index contributed by atoms with van der Waals surface area (Å²) in [7, 11) is 0. The van der Waals surface area contributed by atoms with Crippen LogP contribution in [0.1, 0.15) is 18.4 Å². The number of halogens is 1. The van der Waals surface area contributed by atoms with Crippen molar-refractivity contribution in [3.05, 3.63) is 35.6 Å². The van der Waals surface area contributed by atoms with E-state index in [0.29, 0.717) is 6.29 Å². The van der Waals surface area contributed by atoms with Gasteiger partial charge in [0.2, 0.25) is 0 Å². The Morgan fingerprint density at radius 2 is 2.20 bits per heavy atom. The zero-order chi connectivity index (χ0) is 11.3. The normalized spacial score (nSPS) is 11.9. The van der Waals surface area contributed by atoms with E-state index in [2.05, 4.69) is 4.74 Å². The Balaban J connectivity index is 2.97. The highest BCUT2D eigenvalue weighted by Crippen LogP contribution is 2.18. The van der Waals surface area contributed by atoms with E-state index < -0.39 is 17.7 Å². The fourth-order valence-corrected chi connectivity index (χ4v) is 1.22. The van der Waals surface area contributed by atoms with E-state index in [1.807, 2.05) is 0 Å². The molecule has 0 saturated heterocycles. The van der Waals surface area contributed by atoms with E-state index in [1.165, 1.54) is 18.2 Å². The molecule has 1 aromatic carbocycles. The Bertz CT molecular complexity index is 363. The van der Waals surface area contributed by atoms with Crippen LogP contribution in [0.3, 0.4) is 0 Å². The monoisotopic (exact) mass is 210 g/mol. The van der Waals surface area contributed by atoms with Crippen LogP contribution < -0.4 is 0 Å². The van der Waals surface area contributed by atoms with Crippen molar-refractivity contribution in [2.45, 2.75) is 12.8 Å². The molecule has 0 amide bonds. The van der Waals surface area contributed by atoms with Gasteiger partial charge in [0.1, 0.15) is 18.0 Å². The predicted molar refractivity (Wildman–Crippen MR) is 51.8 cm³/mol. The molecule has 80 valence electrons. The van der Waals surface area contributed by atoms with Crippen LogP contribution in [0.4, 0.5) is 4.39 Å². The van der Waals surface area contributed by atoms with Crippen molar-refractivity contribution in [3.63, 3.8) is 0 Å². The summed E-state index contributed by atoms with van der Waals surface area (Å²) in [4.78, 5) is 22.0. The minimum Gasteiger partial charge on any atom is -0.465 e. The maximum absolute atomic E-state index is 13.3. The van der Waals surface area contributed by atoms with Crippen LogP contribution in [0.15, 0.2) is 24.3 Å². The molecule has 3 nitrogen and oxygen atoms in total. The number of carbonyl (C=O) groups is 2. The molecule has 1 atom stereocenters. The molecule has 15 heavy (non-hydrogen) atoms. The van der Waals surface area contributed by atoms with Crippen molar-refractivity contribution < 1.29 is 18.7 Å². The zero-order valence-electron chi connectivity index (χ0n) is 8.27. The molecule has 0 radical (unpaired) electrons. The molecule has 0 aliphatic rings. The van der Waals surface area contributed by atoms with Gasteiger partial charge in [-0.2, -0.15) is 0 Å². The lowest BCUT2D eigenvalue weighted by molar-refractivity contribution is -0.146. The lowest BCUT2D eigenvalue weighted by Crippen LogP contribution is -2.18. The Labute approximate surface area is 86.9 Å². The van der Waals surface area contributed by atoms with Gasteiger partial charge in [-0.15, -0.1) is 0 Å². The van der Waals surface area contributed by atoms with Crippen molar-refractivity contribution in [3.8, 4) is 0 Å². The fourth-order valence-electron chi connectivity index (χ4n) is 1.22. The summed E-state index contributed by atoms with van der Waals surface area (Å²) in [6.45, 7) is 1.79. The molecule has 1 aromatic rings. The highest BCUT2D eigenvalue weighted by Gasteiger charge is 2.23. The highest BCUT2D eigenvalue weighted by molar-refractivity contribution is 5.94. The molecule has 1 unspecified atom stereocenters. The minimum atomic E-state index is -1.17. The SMILES string of the molecule is CCOC(=O)C(C=O)c1ccccc1F. The molecule has 0 saturated carbocycles. The second-order valence-corrected chi connectivity index (χ2v) is 2.89. The number of hydrogen-bond donors (Lipinski definition) is 0. The Kier molecular flexibility index (Phi) is 3.97. The van der Waals surface area contributed by atoms with E-state index in [0.717, 1.165) is 0 Å². The van der Waals surface area contributed by atoms with Crippen LogP contribution >= 0.6 is 0 Å². The van der Waals surface area contributed by atoms with Gasteiger partial charge in [0.25, 0.3) is 0 Å². The molecular formula is C11H11FO3. The topological polar surface area (TPSA) is 43.4 Å². The summed E-state index contributed by atoms with van der Waals surface area (Å²) >= 11 is 0. The number of ether oxygens (including phenoxy) is 1. The van der Waals surface area contributed by atoms with Crippen molar-refractivity contribution in [2.75, 3.05) is 6.61 Å². The van der Waals surface area contributed by atoms with Gasteiger partial charge in [-0.25, -0.2) is 4.39 Å². The highest BCUT2D eigenvalue weighted by atomic mass is 19.1. The molecule has 0 N–H and O–H groups in total. The van der Waals surface area contributed by atoms with E-state index in [4.69, 9.17) is 0 Å². The molecule has 0 aromatic heterocycles. The van der Waals surface area contributed by atoms with Gasteiger partial charge in [-0.05, 0) is 13.0 Å². The van der Waals surface area contributed by atoms with Gasteiger partial charge in [0, 0.05) is 5.56 Å². The average Bonchev–Trinajstić information content (AvgIpc) is 2.22. The Morgan fingerprint density at radius 1 is 1.53 bits per heavy atom. The summed E-state index contributed by atoms with van der Waals surface area (Å²) in [5.41, 5.74) is 0.0472. The van der Waals surface area contributed by atoms with Crippen molar-refractivity contribution in [1.82, 2.24) is 0 Å². The predicted octanol–water partition coefficient (Wildman–Crippen LogP) is 1.67. The zero-order valence-corrected chi connectivity index (χ0v) is 8.27. The van der Waals surface area contributed by atoms with Crippen LogP contribution in [0.25, 0.3) is 0 Å². The summed E-state index contributed by atoms with van der Waals surface area (Å²) in [6.07, 6.45) is 0.385. The van der Waals surface area contributed by atoms with Crippen LogP contribution in [0.5, 0.6) is 0 Å². The van der Waals surface area contributed by atoms with Crippen LogP contribution in [0, 0.1) is 5.82 Å². The molecule has 4 heteroatoms. The van der Waals surface area contributed by atoms with Crippen LogP contribution in [-0.4, -0.2) is 18.9 Å². The second kappa shape index (κ2) is 5.24. The number of aldehydes is 1. The van der Waals surface area contributed by atoms with E-state index in [1.54, 1.807) is 13.0 Å². The van der Waals surface area contributed by atoms with Gasteiger partial charge < -0.3 is 9.53 Å². The number of esters is 1. The Hall–Kier alpha value is -1.71. The third-order valence-electron chi connectivity index (χ3n) is 1.92. The van der Waals surface area contributed by atoms with Crippen molar-refractivity contribution in [1.29, 1.82) is 0 Å². The number of rotatable bonds is 4. The lowest BCUT2D eigenvalue weighted by atomic mass is 10.0. The molecule has 0 aliphatic carbocycles. The van der Waals surface area contributed by atoms with Gasteiger partial charge in [0.15, 0.2) is 0 Å². The van der Waals surface area contributed by atoms with Gasteiger partial charge in [-0.1, -0.05) is 18.2 Å². The molecule has 0 fully saturated rings. The summed E-state index contributed by atoms with van der Waals surface area (Å²) in [6, 6.07) is 5.65. The maximum atomic E-state index is 13.3. The quantitative estimate of drug-likeness (QED) is 0.431. The first-order chi connectivity index (χ1) is 7.20. The van der Waals surface area contributed by atoms with Gasteiger partial charge in [-0.3, -0.25) is 4.79 Å². The number of benzene rings is 1. The first-order valence-electron chi connectivity index (χ1n) is 4.57. The first kappa shape index (κ1) is 11.4. The van der Waals surface area contributed by atoms with E-state index >= 15 is 0 Å². The molecule has 0 bridgehead atoms. The van der Waals surface area contributed by atoms with Crippen LogP contribution in [-0.2, 0) is 14.3 Å². The van der Waals surface area contributed by atoms with E-state index in [9.17, 15) is 14.0 Å². The minimum absolute atomic E-state index is 0.0472. The first-order valence-corrected chi connectivity index (χ1v) is 4.57. The molecule has 0 spiro atoms. The largest absolute Gasteiger partial charge is 0.465 e. The number of hydrogen-bond acceptors (Lipinski definition) is 3. The summed E-state index contributed by atoms with van der Waals surface area (Å²) in [5, 5.41) is 0. The second-order valence-electron chi connectivity index (χ2n) is 2.89. The molecule has 0 aliphatic heterocycles. The van der Waals surface area contributed by atoms with Gasteiger partial charge in [0.05, 0.1) is 6.61 Å². The number of carbonyl (C=O) groups excluding carboxylic acids is 2. The summed E-state index contributed by atoms with van der Waals surface area (Å²) < 4.78 is 17.9. The third-order valence-corrected chi connectivity index (χ3v) is 1.92. The molecule has 1 rings (SSSR count). The third kappa shape index (κ3) is 2.62. The molecular weight excluding hydrogens is 199 g/mol. The summed E-state index contributed by atoms with van der Waals surface area (Å²) in [5.74, 6) is -2.48. The maximum Gasteiger partial charge on any atom is 0.320 e. The van der Waals surface area contributed by atoms with E-state index in [-0.39, 0.29) is 12.2 Å². The smallest absolute Gasteiger partial charge is 0.320 e. The molecule has 0 heterocycles. The lowest BCUT2D eigenvalue weighted by Gasteiger charge is -2.09. The van der Waals surface area contributed by atoms with Gasteiger partial charge >= 0.3 is 5.97 Å². The fraction of sp³-hybridized carbons (Fsp3) is 0.273. The standard InChI is InChI=1S/C11H11FO3/c1-2-15-11(14)9(7-13)8-5-3-4-6-10(8)12/h3-7,9H,2H2,1H3. The van der Waals surface area contributed by atoms with Crippen LogP contribution in [0.2, 0.25) is 0 Å². The Morgan fingerprint density at radius 3 is 2.73 bits per heavy atom. The van der Waals surface area contributed by atoms with Crippen molar-refractivity contribution >= 4 is 12.3 Å². The average molecular weight is 210 g/mol. The van der Waals surface area contributed by atoms with Crippen molar-refractivity contribution in [2.24, 2.45) is 0 Å².